The van der Waals surface area contributed by atoms with Gasteiger partial charge in [-0.25, -0.2) is 0 Å². The molecule has 0 atom stereocenters. The van der Waals surface area contributed by atoms with Gasteiger partial charge >= 0.3 is 0 Å². The Kier molecular flexibility index (Phi) is 3.40. The molecule has 0 unspecified atom stereocenters. The van der Waals surface area contributed by atoms with Gasteiger partial charge in [-0.2, -0.15) is 0 Å². The van der Waals surface area contributed by atoms with Crippen LogP contribution in [-0.4, -0.2) is 30.2 Å². The van der Waals surface area contributed by atoms with Crippen LogP contribution >= 0.6 is 12.2 Å². The van der Waals surface area contributed by atoms with Crippen molar-refractivity contribution in [3.63, 3.8) is 0 Å². The van der Waals surface area contributed by atoms with Crippen LogP contribution in [0, 0.1) is 4.77 Å². The number of hydrogen-bond acceptors (Lipinski definition) is 2. The minimum atomic E-state index is -0.00870. The van der Waals surface area contributed by atoms with E-state index in [1.807, 2.05) is 24.3 Å². The molecular formula is C12H16N3OS+. The molecule has 0 fully saturated rings. The summed E-state index contributed by atoms with van der Waals surface area (Å²) in [4.78, 5) is 16.6. The fourth-order valence-electron chi connectivity index (χ4n) is 1.74. The van der Waals surface area contributed by atoms with E-state index in [4.69, 9.17) is 12.2 Å². The van der Waals surface area contributed by atoms with Crippen LogP contribution in [0.5, 0.6) is 0 Å². The fourth-order valence-corrected chi connectivity index (χ4v) is 2.02. The van der Waals surface area contributed by atoms with Crippen LogP contribution < -0.4 is 10.5 Å². The van der Waals surface area contributed by atoms with Crippen molar-refractivity contribution < 1.29 is 4.90 Å². The molecule has 4 nitrogen and oxygen atoms in total. The van der Waals surface area contributed by atoms with Crippen LogP contribution in [0.3, 0.4) is 0 Å². The zero-order valence-corrected chi connectivity index (χ0v) is 10.8. The molecular weight excluding hydrogens is 234 g/mol. The third kappa shape index (κ3) is 2.45. The maximum absolute atomic E-state index is 12.2. The normalized spacial score (nSPS) is 11.2. The minimum absolute atomic E-state index is 0.00870. The highest BCUT2D eigenvalue weighted by atomic mass is 32.1. The molecule has 1 aromatic heterocycles. The quantitative estimate of drug-likeness (QED) is 0.764. The van der Waals surface area contributed by atoms with Gasteiger partial charge in [0.25, 0.3) is 5.56 Å². The maximum Gasteiger partial charge on any atom is 0.262 e. The standard InChI is InChI=1S/C12H15N3OS/c1-14(2)7-8-15-11(16)9-5-3-4-6-10(9)13-12(15)17/h3-6H,7-8H2,1-2H3,(H,13,17)/p+1. The largest absolute Gasteiger partial charge is 0.338 e. The Morgan fingerprint density at radius 3 is 2.76 bits per heavy atom. The molecule has 0 saturated carbocycles. The Labute approximate surface area is 105 Å². The van der Waals surface area contributed by atoms with Crippen molar-refractivity contribution >= 4 is 23.1 Å². The van der Waals surface area contributed by atoms with E-state index in [0.29, 0.717) is 16.7 Å². The van der Waals surface area contributed by atoms with Crippen molar-refractivity contribution in [2.75, 3.05) is 20.6 Å². The second kappa shape index (κ2) is 4.81. The summed E-state index contributed by atoms with van der Waals surface area (Å²) in [6, 6.07) is 7.44. The van der Waals surface area contributed by atoms with Gasteiger partial charge in [0.1, 0.15) is 0 Å². The molecule has 0 aliphatic rings. The molecule has 2 N–H and O–H groups in total. The molecule has 0 bridgehead atoms. The molecule has 2 aromatic rings. The summed E-state index contributed by atoms with van der Waals surface area (Å²) in [7, 11) is 4.11. The summed E-state index contributed by atoms with van der Waals surface area (Å²) in [6.45, 7) is 1.51. The van der Waals surface area contributed by atoms with Crippen LogP contribution in [-0.2, 0) is 6.54 Å². The first kappa shape index (κ1) is 12.0. The van der Waals surface area contributed by atoms with E-state index in [-0.39, 0.29) is 5.56 Å². The summed E-state index contributed by atoms with van der Waals surface area (Å²) < 4.78 is 2.12. The van der Waals surface area contributed by atoms with Gasteiger partial charge in [-0.1, -0.05) is 12.1 Å². The molecule has 0 aliphatic heterocycles. The number of H-pyrrole nitrogens is 1. The monoisotopic (exact) mass is 250 g/mol. The van der Waals surface area contributed by atoms with Crippen LogP contribution in [0.25, 0.3) is 10.9 Å². The Balaban J connectivity index is 2.56. The Morgan fingerprint density at radius 1 is 1.35 bits per heavy atom. The molecule has 0 spiro atoms. The van der Waals surface area contributed by atoms with Gasteiger partial charge in [0.05, 0.1) is 38.1 Å². The highest BCUT2D eigenvalue weighted by Gasteiger charge is 2.05. The van der Waals surface area contributed by atoms with Crippen LogP contribution in [0.1, 0.15) is 0 Å². The first-order valence-electron chi connectivity index (χ1n) is 5.60. The third-order valence-corrected chi connectivity index (χ3v) is 3.05. The lowest BCUT2D eigenvalue weighted by molar-refractivity contribution is -0.858. The fraction of sp³-hybridized carbons (Fsp3) is 0.333. The predicted octanol–water partition coefficient (Wildman–Crippen LogP) is 0.204. The average Bonchev–Trinajstić information content (AvgIpc) is 2.28. The van der Waals surface area contributed by atoms with Gasteiger partial charge in [-0.15, -0.1) is 0 Å². The van der Waals surface area contributed by atoms with E-state index < -0.39 is 0 Å². The second-order valence-electron chi connectivity index (χ2n) is 4.39. The first-order chi connectivity index (χ1) is 8.09. The van der Waals surface area contributed by atoms with Crippen LogP contribution in [0.2, 0.25) is 0 Å². The molecule has 0 amide bonds. The molecule has 2 rings (SSSR count). The summed E-state index contributed by atoms with van der Waals surface area (Å²) in [5.74, 6) is 0. The first-order valence-corrected chi connectivity index (χ1v) is 6.01. The van der Waals surface area contributed by atoms with Crippen molar-refractivity contribution in [2.24, 2.45) is 0 Å². The van der Waals surface area contributed by atoms with E-state index in [9.17, 15) is 4.79 Å². The van der Waals surface area contributed by atoms with Crippen LogP contribution in [0.15, 0.2) is 29.1 Å². The average molecular weight is 250 g/mol. The Bertz CT molecular complexity index is 642. The lowest BCUT2D eigenvalue weighted by Crippen LogP contribution is -3.06. The molecule has 90 valence electrons. The van der Waals surface area contributed by atoms with E-state index >= 15 is 0 Å². The van der Waals surface area contributed by atoms with Crippen LogP contribution in [0.4, 0.5) is 0 Å². The molecule has 0 saturated heterocycles. The third-order valence-electron chi connectivity index (χ3n) is 2.72. The Hall–Kier alpha value is -1.46. The SMILES string of the molecule is C[NH+](C)CCn1c(=S)[nH]c2ccccc2c1=O. The number of fused-ring (bicyclic) bond motifs is 1. The van der Waals surface area contributed by atoms with Gasteiger partial charge in [0.15, 0.2) is 4.77 Å². The number of likely N-dealkylation sites (N-methyl/N-ethyl adjacent to an activating group) is 1. The lowest BCUT2D eigenvalue weighted by Gasteiger charge is -2.10. The second-order valence-corrected chi connectivity index (χ2v) is 4.78. The summed E-state index contributed by atoms with van der Waals surface area (Å²) >= 11 is 5.22. The van der Waals surface area contributed by atoms with Crippen molar-refractivity contribution in [1.29, 1.82) is 0 Å². The lowest BCUT2D eigenvalue weighted by atomic mass is 10.2. The highest BCUT2D eigenvalue weighted by Crippen LogP contribution is 2.05. The molecule has 5 heteroatoms. The van der Waals surface area contributed by atoms with E-state index in [2.05, 4.69) is 19.1 Å². The Morgan fingerprint density at radius 2 is 2.06 bits per heavy atom. The summed E-state index contributed by atoms with van der Waals surface area (Å²) in [5.41, 5.74) is 0.793. The number of quaternary nitrogens is 1. The maximum atomic E-state index is 12.2. The van der Waals surface area contributed by atoms with E-state index in [1.165, 1.54) is 4.90 Å². The smallest absolute Gasteiger partial charge is 0.262 e. The molecule has 0 aliphatic carbocycles. The zero-order chi connectivity index (χ0) is 12.4. The number of benzene rings is 1. The van der Waals surface area contributed by atoms with E-state index in [0.717, 1.165) is 12.1 Å². The summed E-state index contributed by atoms with van der Waals surface area (Å²) in [6.07, 6.45) is 0. The summed E-state index contributed by atoms with van der Waals surface area (Å²) in [5, 5.41) is 0.690. The molecule has 0 radical (unpaired) electrons. The number of hydrogen-bond donors (Lipinski definition) is 2. The van der Waals surface area contributed by atoms with Gasteiger partial charge in [0.2, 0.25) is 0 Å². The van der Waals surface area contributed by atoms with Gasteiger partial charge < -0.3 is 9.88 Å². The van der Waals surface area contributed by atoms with Crippen molar-refractivity contribution in [3.05, 3.63) is 39.4 Å². The number of para-hydroxylation sites is 1. The number of nitrogens with zero attached hydrogens (tertiary/aromatic N) is 1. The van der Waals surface area contributed by atoms with E-state index in [1.54, 1.807) is 4.57 Å². The van der Waals surface area contributed by atoms with Gasteiger partial charge in [0, 0.05) is 0 Å². The number of aromatic nitrogens is 2. The number of aromatic amines is 1. The number of nitrogens with one attached hydrogen (secondary N) is 2. The topological polar surface area (TPSA) is 42.2 Å². The molecule has 1 heterocycles. The van der Waals surface area contributed by atoms with Crippen molar-refractivity contribution in [2.45, 2.75) is 6.54 Å². The van der Waals surface area contributed by atoms with Gasteiger partial charge in [-0.3, -0.25) is 9.36 Å². The van der Waals surface area contributed by atoms with Crippen molar-refractivity contribution in [1.82, 2.24) is 9.55 Å². The number of rotatable bonds is 3. The van der Waals surface area contributed by atoms with Crippen molar-refractivity contribution in [3.8, 4) is 0 Å². The molecule has 1 aromatic carbocycles. The highest BCUT2D eigenvalue weighted by molar-refractivity contribution is 7.71. The minimum Gasteiger partial charge on any atom is -0.338 e. The van der Waals surface area contributed by atoms with Gasteiger partial charge in [-0.05, 0) is 24.4 Å². The zero-order valence-electron chi connectivity index (χ0n) is 9.99. The predicted molar refractivity (Wildman–Crippen MR) is 71.1 cm³/mol. The molecule has 17 heavy (non-hydrogen) atoms.